The molecule has 4 rings (SSSR count). The SMILES string of the molecule is COc1ccc(C)c2sc(NC(=O)c3coc4ccccc4c3=O)nc12. The van der Waals surface area contributed by atoms with E-state index in [1.165, 1.54) is 17.6 Å². The number of fused-ring (bicyclic) bond motifs is 2. The number of para-hydroxylation sites is 1. The molecular formula is C19H14N2O4S. The maximum absolute atomic E-state index is 12.6. The van der Waals surface area contributed by atoms with Crippen LogP contribution in [0.15, 0.2) is 51.9 Å². The molecule has 0 aliphatic carbocycles. The van der Waals surface area contributed by atoms with E-state index in [0.29, 0.717) is 27.4 Å². The molecule has 1 N–H and O–H groups in total. The van der Waals surface area contributed by atoms with Crippen LogP contribution in [-0.2, 0) is 0 Å². The number of rotatable bonds is 3. The highest BCUT2D eigenvalue weighted by molar-refractivity contribution is 7.22. The van der Waals surface area contributed by atoms with E-state index in [1.54, 1.807) is 31.4 Å². The van der Waals surface area contributed by atoms with Crippen LogP contribution in [0.4, 0.5) is 5.13 Å². The lowest BCUT2D eigenvalue weighted by molar-refractivity contribution is 0.102. The van der Waals surface area contributed by atoms with Gasteiger partial charge in [-0.2, -0.15) is 0 Å². The summed E-state index contributed by atoms with van der Waals surface area (Å²) in [5.74, 6) is 0.0766. The van der Waals surface area contributed by atoms with Crippen LogP contribution in [-0.4, -0.2) is 18.0 Å². The van der Waals surface area contributed by atoms with Gasteiger partial charge in [0, 0.05) is 0 Å². The lowest BCUT2D eigenvalue weighted by Gasteiger charge is -2.02. The highest BCUT2D eigenvalue weighted by Gasteiger charge is 2.17. The van der Waals surface area contributed by atoms with Crippen molar-refractivity contribution < 1.29 is 13.9 Å². The number of thiazole rings is 1. The zero-order valence-electron chi connectivity index (χ0n) is 14.0. The van der Waals surface area contributed by atoms with E-state index in [9.17, 15) is 9.59 Å². The Kier molecular flexibility index (Phi) is 3.93. The van der Waals surface area contributed by atoms with Gasteiger partial charge in [-0.15, -0.1) is 0 Å². The zero-order valence-corrected chi connectivity index (χ0v) is 14.8. The molecule has 0 bridgehead atoms. The smallest absolute Gasteiger partial charge is 0.264 e. The van der Waals surface area contributed by atoms with Gasteiger partial charge in [-0.25, -0.2) is 4.98 Å². The lowest BCUT2D eigenvalue weighted by atomic mass is 10.1. The Bertz CT molecular complexity index is 1210. The predicted octanol–water partition coefficient (Wildman–Crippen LogP) is 3.97. The minimum atomic E-state index is -0.555. The van der Waals surface area contributed by atoms with Crippen LogP contribution in [0, 0.1) is 6.92 Å². The molecule has 26 heavy (non-hydrogen) atoms. The molecule has 0 unspecified atom stereocenters. The van der Waals surface area contributed by atoms with Crippen LogP contribution in [0.3, 0.4) is 0 Å². The summed E-state index contributed by atoms with van der Waals surface area (Å²) in [6.45, 7) is 1.96. The van der Waals surface area contributed by atoms with Crippen LogP contribution in [0.5, 0.6) is 5.75 Å². The van der Waals surface area contributed by atoms with E-state index < -0.39 is 5.91 Å². The molecule has 0 radical (unpaired) electrons. The molecule has 2 heterocycles. The summed E-state index contributed by atoms with van der Waals surface area (Å²) >= 11 is 1.33. The number of nitrogens with zero attached hydrogens (tertiary/aromatic N) is 1. The monoisotopic (exact) mass is 366 g/mol. The van der Waals surface area contributed by atoms with Crippen molar-refractivity contribution in [3.05, 3.63) is 64.0 Å². The minimum Gasteiger partial charge on any atom is -0.494 e. The number of anilines is 1. The van der Waals surface area contributed by atoms with Crippen LogP contribution in [0.1, 0.15) is 15.9 Å². The van der Waals surface area contributed by atoms with Gasteiger partial charge in [0.1, 0.15) is 28.7 Å². The highest BCUT2D eigenvalue weighted by Crippen LogP contribution is 2.34. The van der Waals surface area contributed by atoms with Crippen LogP contribution in [0.25, 0.3) is 21.2 Å². The highest BCUT2D eigenvalue weighted by atomic mass is 32.1. The maximum Gasteiger partial charge on any atom is 0.264 e. The molecule has 0 saturated heterocycles. The Morgan fingerprint density at radius 1 is 1.23 bits per heavy atom. The Labute approximate surface area is 152 Å². The average Bonchev–Trinajstić information content (AvgIpc) is 3.07. The fourth-order valence-electron chi connectivity index (χ4n) is 2.73. The van der Waals surface area contributed by atoms with Gasteiger partial charge in [0.25, 0.3) is 5.91 Å². The minimum absolute atomic E-state index is 0.0633. The van der Waals surface area contributed by atoms with Crippen molar-refractivity contribution in [1.82, 2.24) is 4.98 Å². The Morgan fingerprint density at radius 3 is 2.85 bits per heavy atom. The average molecular weight is 366 g/mol. The van der Waals surface area contributed by atoms with Crippen molar-refractivity contribution in [2.24, 2.45) is 0 Å². The molecule has 1 amide bonds. The van der Waals surface area contributed by atoms with E-state index in [1.807, 2.05) is 19.1 Å². The molecule has 2 aromatic heterocycles. The number of hydrogen-bond acceptors (Lipinski definition) is 6. The molecule has 130 valence electrons. The van der Waals surface area contributed by atoms with Gasteiger partial charge in [0.05, 0.1) is 17.2 Å². The summed E-state index contributed by atoms with van der Waals surface area (Å²) in [4.78, 5) is 29.5. The third-order valence-electron chi connectivity index (χ3n) is 4.07. The zero-order chi connectivity index (χ0) is 18.3. The number of nitrogens with one attached hydrogen (secondary N) is 1. The van der Waals surface area contributed by atoms with E-state index in [2.05, 4.69) is 10.3 Å². The van der Waals surface area contributed by atoms with Crippen molar-refractivity contribution >= 4 is 43.6 Å². The number of carbonyl (C=O) groups is 1. The standard InChI is InChI=1S/C19H14N2O4S/c1-10-7-8-14(24-2)15-17(10)26-19(20-15)21-18(23)12-9-25-13-6-4-3-5-11(13)16(12)22/h3-9H,1-2H3,(H,20,21,23). The number of carbonyl (C=O) groups excluding carboxylic acids is 1. The molecule has 0 aliphatic rings. The normalized spacial score (nSPS) is 11.0. The van der Waals surface area contributed by atoms with Gasteiger partial charge in [-0.1, -0.05) is 29.5 Å². The molecule has 4 aromatic rings. The fraction of sp³-hybridized carbons (Fsp3) is 0.105. The second kappa shape index (κ2) is 6.27. The summed E-state index contributed by atoms with van der Waals surface area (Å²) < 4.78 is 11.6. The number of amides is 1. The first-order valence-electron chi connectivity index (χ1n) is 7.84. The van der Waals surface area contributed by atoms with Crippen molar-refractivity contribution in [3.63, 3.8) is 0 Å². The van der Waals surface area contributed by atoms with Crippen LogP contribution >= 0.6 is 11.3 Å². The van der Waals surface area contributed by atoms with E-state index >= 15 is 0 Å². The number of methoxy groups -OCH3 is 1. The van der Waals surface area contributed by atoms with E-state index in [-0.39, 0.29) is 11.0 Å². The first-order valence-corrected chi connectivity index (χ1v) is 8.66. The number of ether oxygens (including phenoxy) is 1. The molecule has 0 aliphatic heterocycles. The van der Waals surface area contributed by atoms with Crippen LogP contribution in [0.2, 0.25) is 0 Å². The molecular weight excluding hydrogens is 352 g/mol. The number of hydrogen-bond donors (Lipinski definition) is 1. The third-order valence-corrected chi connectivity index (χ3v) is 5.17. The molecule has 0 atom stereocenters. The fourth-order valence-corrected chi connectivity index (χ4v) is 3.67. The van der Waals surface area contributed by atoms with Crippen molar-refractivity contribution in [1.29, 1.82) is 0 Å². The van der Waals surface area contributed by atoms with Crippen molar-refractivity contribution in [3.8, 4) is 5.75 Å². The van der Waals surface area contributed by atoms with Gasteiger partial charge in [-0.3, -0.25) is 14.9 Å². The topological polar surface area (TPSA) is 81.4 Å². The molecule has 7 heteroatoms. The summed E-state index contributed by atoms with van der Waals surface area (Å²) in [5, 5.41) is 3.44. The van der Waals surface area contributed by atoms with Crippen molar-refractivity contribution in [2.45, 2.75) is 6.92 Å². The third kappa shape index (κ3) is 2.62. The van der Waals surface area contributed by atoms with Crippen molar-refractivity contribution in [2.75, 3.05) is 12.4 Å². The van der Waals surface area contributed by atoms with Crippen LogP contribution < -0.4 is 15.5 Å². The second-order valence-corrected chi connectivity index (χ2v) is 6.71. The van der Waals surface area contributed by atoms with Gasteiger partial charge >= 0.3 is 0 Å². The maximum atomic E-state index is 12.6. The first kappa shape index (κ1) is 16.3. The quantitative estimate of drug-likeness (QED) is 0.593. The Balaban J connectivity index is 1.73. The number of aromatic nitrogens is 1. The number of benzene rings is 2. The molecule has 2 aromatic carbocycles. The molecule has 6 nitrogen and oxygen atoms in total. The summed E-state index contributed by atoms with van der Waals surface area (Å²) in [5.41, 5.74) is 1.71. The lowest BCUT2D eigenvalue weighted by Crippen LogP contribution is -2.21. The summed E-state index contributed by atoms with van der Waals surface area (Å²) in [7, 11) is 1.57. The summed E-state index contributed by atoms with van der Waals surface area (Å²) in [6, 6.07) is 10.6. The molecule has 0 spiro atoms. The first-order chi connectivity index (χ1) is 12.6. The second-order valence-electron chi connectivity index (χ2n) is 5.71. The van der Waals surface area contributed by atoms with Gasteiger partial charge < -0.3 is 9.15 Å². The summed E-state index contributed by atoms with van der Waals surface area (Å²) in [6.07, 6.45) is 1.18. The predicted molar refractivity (Wildman–Crippen MR) is 101 cm³/mol. The van der Waals surface area contributed by atoms with Gasteiger partial charge in [-0.05, 0) is 30.7 Å². The van der Waals surface area contributed by atoms with Gasteiger partial charge in [0.15, 0.2) is 5.13 Å². The molecule has 0 fully saturated rings. The van der Waals surface area contributed by atoms with E-state index in [4.69, 9.17) is 9.15 Å². The Morgan fingerprint density at radius 2 is 2.04 bits per heavy atom. The largest absolute Gasteiger partial charge is 0.494 e. The number of aryl methyl sites for hydroxylation is 1. The van der Waals surface area contributed by atoms with Gasteiger partial charge in [0.2, 0.25) is 5.43 Å². The molecule has 0 saturated carbocycles. The Hall–Kier alpha value is -3.19. The van der Waals surface area contributed by atoms with E-state index in [0.717, 1.165) is 10.3 Å².